The van der Waals surface area contributed by atoms with Crippen LogP contribution in [0.25, 0.3) is 77.3 Å². The Bertz CT molecular complexity index is 3840. The van der Waals surface area contributed by atoms with E-state index in [2.05, 4.69) is 244 Å². The highest BCUT2D eigenvalue weighted by Crippen LogP contribution is 2.56. The van der Waals surface area contributed by atoms with Gasteiger partial charge in [0.25, 0.3) is 0 Å². The molecule has 4 heteroatoms. The molecule has 0 unspecified atom stereocenters. The van der Waals surface area contributed by atoms with Crippen molar-refractivity contribution in [3.8, 4) is 33.4 Å². The molecule has 10 aromatic carbocycles. The number of para-hydroxylation sites is 6. The molecule has 2 aliphatic rings. The third-order valence-electron chi connectivity index (χ3n) is 15.4. The fraction of sp³-hybridized carbons (Fsp3) is 0.0909. The number of hydrogen-bond acceptors (Lipinski definition) is 4. The monoisotopic (exact) mass is 900 g/mol. The Labute approximate surface area is 407 Å². The molecule has 0 atom stereocenters. The second-order valence-electron chi connectivity index (χ2n) is 20.1. The molecule has 0 radical (unpaired) electrons. The standard InChI is InChI=1S/C66H48N2O2/c1-65(2)53-27-7-9-29-57(53)67(45-19-13-17-43(37-45)47-23-15-25-51-49-21-5-11-31-61(49)69-63(47)51)59-35-33-41(39-55(59)65)42-34-36-60-56(40-42)66(3,4)54-28-8-10-30-58(54)68(60)46-20-14-18-44(38-46)48-24-16-26-52-50-22-6-12-32-62(50)70-64(48)52/h5-40H,1-4H3. The Hall–Kier alpha value is -8.60. The van der Waals surface area contributed by atoms with Gasteiger partial charge in [0.2, 0.25) is 0 Å². The summed E-state index contributed by atoms with van der Waals surface area (Å²) in [5, 5.41) is 4.53. The molecule has 4 nitrogen and oxygen atoms in total. The van der Waals surface area contributed by atoms with Gasteiger partial charge in [0.15, 0.2) is 0 Å². The molecular weight excluding hydrogens is 853 g/mol. The van der Waals surface area contributed by atoms with Gasteiger partial charge in [0, 0.05) is 54.9 Å². The highest BCUT2D eigenvalue weighted by Gasteiger charge is 2.39. The Balaban J connectivity index is 0.882. The number of benzene rings is 10. The fourth-order valence-corrected chi connectivity index (χ4v) is 11.9. The van der Waals surface area contributed by atoms with Gasteiger partial charge < -0.3 is 18.6 Å². The number of hydrogen-bond donors (Lipinski definition) is 0. The van der Waals surface area contributed by atoms with Crippen molar-refractivity contribution in [3.05, 3.63) is 241 Å². The van der Waals surface area contributed by atoms with Gasteiger partial charge in [-0.15, -0.1) is 0 Å². The lowest BCUT2D eigenvalue weighted by Crippen LogP contribution is -2.31. The molecule has 0 aliphatic carbocycles. The van der Waals surface area contributed by atoms with Gasteiger partial charge in [0.05, 0.1) is 22.7 Å². The molecule has 0 bridgehead atoms. The minimum absolute atomic E-state index is 0.267. The average Bonchev–Trinajstić information content (AvgIpc) is 3.98. The average molecular weight is 901 g/mol. The van der Waals surface area contributed by atoms with E-state index in [1.165, 1.54) is 56.1 Å². The van der Waals surface area contributed by atoms with Crippen LogP contribution in [0.3, 0.4) is 0 Å². The number of nitrogens with zero attached hydrogens (tertiary/aromatic N) is 2. The van der Waals surface area contributed by atoms with E-state index in [-0.39, 0.29) is 10.8 Å². The maximum absolute atomic E-state index is 6.53. The van der Waals surface area contributed by atoms with Crippen LogP contribution in [0.15, 0.2) is 227 Å². The first-order chi connectivity index (χ1) is 34.2. The Kier molecular flexibility index (Phi) is 8.64. The first kappa shape index (κ1) is 40.5. The van der Waals surface area contributed by atoms with E-state index in [0.717, 1.165) is 77.5 Å². The highest BCUT2D eigenvalue weighted by molar-refractivity contribution is 6.11. The summed E-state index contributed by atoms with van der Waals surface area (Å²) in [6.07, 6.45) is 0. The van der Waals surface area contributed by atoms with Crippen LogP contribution in [-0.4, -0.2) is 0 Å². The van der Waals surface area contributed by atoms with Gasteiger partial charge in [0.1, 0.15) is 22.3 Å². The zero-order valence-electron chi connectivity index (χ0n) is 39.5. The molecule has 12 aromatic rings. The van der Waals surface area contributed by atoms with Crippen molar-refractivity contribution in [1.82, 2.24) is 0 Å². The molecule has 0 spiro atoms. The van der Waals surface area contributed by atoms with Gasteiger partial charge in [-0.05, 0) is 117 Å². The van der Waals surface area contributed by atoms with Crippen molar-refractivity contribution in [1.29, 1.82) is 0 Å². The normalized spacial score (nSPS) is 14.5. The predicted molar refractivity (Wildman–Crippen MR) is 291 cm³/mol. The molecule has 0 N–H and O–H groups in total. The van der Waals surface area contributed by atoms with Crippen LogP contribution >= 0.6 is 0 Å². The summed E-state index contributed by atoms with van der Waals surface area (Å²) >= 11 is 0. The maximum Gasteiger partial charge on any atom is 0.143 e. The smallest absolute Gasteiger partial charge is 0.143 e. The van der Waals surface area contributed by atoms with Crippen molar-refractivity contribution >= 4 is 78.0 Å². The van der Waals surface area contributed by atoms with Gasteiger partial charge in [-0.3, -0.25) is 0 Å². The zero-order chi connectivity index (χ0) is 46.9. The molecule has 4 heterocycles. The first-order valence-corrected chi connectivity index (χ1v) is 24.3. The number of rotatable bonds is 5. The maximum atomic E-state index is 6.53. The van der Waals surface area contributed by atoms with Crippen LogP contribution in [0.4, 0.5) is 34.1 Å². The van der Waals surface area contributed by atoms with Crippen molar-refractivity contribution < 1.29 is 8.83 Å². The Morgan fingerprint density at radius 2 is 0.686 bits per heavy atom. The molecular formula is C66H48N2O2. The highest BCUT2D eigenvalue weighted by atomic mass is 16.3. The number of anilines is 6. The largest absolute Gasteiger partial charge is 0.455 e. The Morgan fingerprint density at radius 3 is 1.16 bits per heavy atom. The van der Waals surface area contributed by atoms with E-state index in [9.17, 15) is 0 Å². The van der Waals surface area contributed by atoms with Crippen LogP contribution in [0.5, 0.6) is 0 Å². The summed E-state index contributed by atoms with van der Waals surface area (Å²) in [7, 11) is 0. The van der Waals surface area contributed by atoms with Gasteiger partial charge in [-0.2, -0.15) is 0 Å². The molecule has 14 rings (SSSR count). The summed E-state index contributed by atoms with van der Waals surface area (Å²) in [5.74, 6) is 0. The second-order valence-corrected chi connectivity index (χ2v) is 20.1. The third kappa shape index (κ3) is 5.89. The van der Waals surface area contributed by atoms with E-state index in [4.69, 9.17) is 8.83 Å². The SMILES string of the molecule is CC1(C)c2ccccc2N(c2cccc(-c3cccc4c3oc3ccccc34)c2)c2ccc(-c3ccc4c(c3)C(C)(C)c3ccccc3N4c3cccc(-c4cccc5c4oc4ccccc45)c3)cc21. The molecule has 70 heavy (non-hydrogen) atoms. The van der Waals surface area contributed by atoms with Gasteiger partial charge in [-0.1, -0.05) is 173 Å². The van der Waals surface area contributed by atoms with Gasteiger partial charge in [-0.25, -0.2) is 0 Å². The van der Waals surface area contributed by atoms with Crippen molar-refractivity contribution in [3.63, 3.8) is 0 Å². The molecule has 2 aromatic heterocycles. The Morgan fingerprint density at radius 1 is 0.300 bits per heavy atom. The van der Waals surface area contributed by atoms with Crippen LogP contribution < -0.4 is 9.80 Å². The van der Waals surface area contributed by atoms with Crippen LogP contribution in [-0.2, 0) is 10.8 Å². The van der Waals surface area contributed by atoms with Gasteiger partial charge >= 0.3 is 0 Å². The second kappa shape index (κ2) is 14.9. The lowest BCUT2D eigenvalue weighted by atomic mass is 9.71. The summed E-state index contributed by atoms with van der Waals surface area (Å²) in [5.41, 5.74) is 22.0. The lowest BCUT2D eigenvalue weighted by Gasteiger charge is -2.43. The van der Waals surface area contributed by atoms with E-state index < -0.39 is 0 Å². The predicted octanol–water partition coefficient (Wildman–Crippen LogP) is 18.7. The lowest BCUT2D eigenvalue weighted by molar-refractivity contribution is 0.631. The third-order valence-corrected chi connectivity index (χ3v) is 15.4. The molecule has 0 fully saturated rings. The van der Waals surface area contributed by atoms with Crippen LogP contribution in [0, 0.1) is 0 Å². The van der Waals surface area contributed by atoms with Crippen LogP contribution in [0.1, 0.15) is 49.9 Å². The van der Waals surface area contributed by atoms with Crippen LogP contribution in [0.2, 0.25) is 0 Å². The quantitative estimate of drug-likeness (QED) is 0.172. The summed E-state index contributed by atoms with van der Waals surface area (Å²) < 4.78 is 13.1. The zero-order valence-corrected chi connectivity index (χ0v) is 39.5. The molecule has 2 aliphatic heterocycles. The van der Waals surface area contributed by atoms with E-state index >= 15 is 0 Å². The molecule has 0 saturated carbocycles. The molecule has 334 valence electrons. The number of furan rings is 2. The first-order valence-electron chi connectivity index (χ1n) is 24.3. The summed E-state index contributed by atoms with van der Waals surface area (Å²) in [6, 6.07) is 79.5. The summed E-state index contributed by atoms with van der Waals surface area (Å²) in [4.78, 5) is 4.91. The molecule has 0 amide bonds. The minimum atomic E-state index is -0.267. The van der Waals surface area contributed by atoms with Crippen molar-refractivity contribution in [2.24, 2.45) is 0 Å². The van der Waals surface area contributed by atoms with E-state index in [1.807, 2.05) is 12.1 Å². The number of fused-ring (bicyclic) bond motifs is 10. The molecule has 0 saturated heterocycles. The van der Waals surface area contributed by atoms with Crippen molar-refractivity contribution in [2.45, 2.75) is 38.5 Å². The topological polar surface area (TPSA) is 32.8 Å². The minimum Gasteiger partial charge on any atom is -0.455 e. The fourth-order valence-electron chi connectivity index (χ4n) is 11.9. The summed E-state index contributed by atoms with van der Waals surface area (Å²) in [6.45, 7) is 9.49. The van der Waals surface area contributed by atoms with E-state index in [1.54, 1.807) is 0 Å². The van der Waals surface area contributed by atoms with Crippen molar-refractivity contribution in [2.75, 3.05) is 9.80 Å². The van der Waals surface area contributed by atoms with E-state index in [0.29, 0.717) is 0 Å².